The third kappa shape index (κ3) is 4.85. The molecule has 5 heteroatoms. The fraction of sp³-hybridized carbons (Fsp3) is 0.938. The standard InChI is InChI=1S/C16H31N3O2/c1-16(2,3)21-15(20)18-10-6-14(7-11-18)19-9-5-13(12-19)4-8-17/h13-14H,4-12,17H2,1-3H3. The predicted octanol–water partition coefficient (Wildman–Crippen LogP) is 2.06. The number of carbonyl (C=O) groups is 1. The maximum Gasteiger partial charge on any atom is 0.410 e. The topological polar surface area (TPSA) is 58.8 Å². The summed E-state index contributed by atoms with van der Waals surface area (Å²) in [7, 11) is 0. The van der Waals surface area contributed by atoms with E-state index in [1.807, 2.05) is 25.7 Å². The van der Waals surface area contributed by atoms with Gasteiger partial charge < -0.3 is 15.4 Å². The molecular formula is C16H31N3O2. The van der Waals surface area contributed by atoms with Crippen LogP contribution in [0.5, 0.6) is 0 Å². The summed E-state index contributed by atoms with van der Waals surface area (Å²) in [6, 6.07) is 0.631. The minimum atomic E-state index is -0.404. The van der Waals surface area contributed by atoms with Crippen molar-refractivity contribution in [3.8, 4) is 0 Å². The molecule has 0 radical (unpaired) electrons. The van der Waals surface area contributed by atoms with Crippen molar-refractivity contribution in [2.75, 3.05) is 32.7 Å². The molecule has 21 heavy (non-hydrogen) atoms. The Morgan fingerprint density at radius 3 is 2.43 bits per heavy atom. The first-order valence-corrected chi connectivity index (χ1v) is 8.31. The number of hydrogen-bond acceptors (Lipinski definition) is 4. The molecule has 5 nitrogen and oxygen atoms in total. The Morgan fingerprint density at radius 1 is 1.19 bits per heavy atom. The van der Waals surface area contributed by atoms with Gasteiger partial charge in [-0.25, -0.2) is 4.79 Å². The Labute approximate surface area is 128 Å². The molecule has 0 bridgehead atoms. The Balaban J connectivity index is 1.75. The monoisotopic (exact) mass is 297 g/mol. The van der Waals surface area contributed by atoms with E-state index in [9.17, 15) is 4.79 Å². The summed E-state index contributed by atoms with van der Waals surface area (Å²) in [5.74, 6) is 0.777. The number of rotatable bonds is 3. The minimum absolute atomic E-state index is 0.164. The number of amides is 1. The molecule has 0 aliphatic carbocycles. The van der Waals surface area contributed by atoms with E-state index in [2.05, 4.69) is 4.90 Å². The van der Waals surface area contributed by atoms with E-state index in [-0.39, 0.29) is 6.09 Å². The molecule has 1 atom stereocenters. The van der Waals surface area contributed by atoms with Gasteiger partial charge in [0.15, 0.2) is 0 Å². The van der Waals surface area contributed by atoms with E-state index in [1.54, 1.807) is 0 Å². The summed E-state index contributed by atoms with van der Waals surface area (Å²) in [6.45, 7) is 10.6. The second-order valence-electron chi connectivity index (χ2n) is 7.43. The Hall–Kier alpha value is -0.810. The largest absolute Gasteiger partial charge is 0.444 e. The summed E-state index contributed by atoms with van der Waals surface area (Å²) < 4.78 is 5.45. The third-order valence-corrected chi connectivity index (χ3v) is 4.52. The fourth-order valence-electron chi connectivity index (χ4n) is 3.41. The van der Waals surface area contributed by atoms with Crippen molar-refractivity contribution in [3.63, 3.8) is 0 Å². The summed E-state index contributed by atoms with van der Waals surface area (Å²) in [4.78, 5) is 16.5. The van der Waals surface area contributed by atoms with Crippen molar-refractivity contribution in [2.24, 2.45) is 11.7 Å². The smallest absolute Gasteiger partial charge is 0.410 e. The van der Waals surface area contributed by atoms with Gasteiger partial charge in [-0.15, -0.1) is 0 Å². The molecule has 1 amide bonds. The summed E-state index contributed by atoms with van der Waals surface area (Å²) in [5.41, 5.74) is 5.25. The van der Waals surface area contributed by atoms with Crippen molar-refractivity contribution in [3.05, 3.63) is 0 Å². The molecule has 2 fully saturated rings. The zero-order valence-corrected chi connectivity index (χ0v) is 13.8. The second kappa shape index (κ2) is 6.97. The highest BCUT2D eigenvalue weighted by Crippen LogP contribution is 2.26. The molecule has 122 valence electrons. The van der Waals surface area contributed by atoms with Crippen LogP contribution in [0.1, 0.15) is 46.5 Å². The molecule has 2 aliphatic rings. The Kier molecular flexibility index (Phi) is 5.49. The van der Waals surface area contributed by atoms with Gasteiger partial charge in [0.2, 0.25) is 0 Å². The number of nitrogens with zero attached hydrogens (tertiary/aromatic N) is 2. The van der Waals surface area contributed by atoms with Crippen LogP contribution in [0, 0.1) is 5.92 Å². The quantitative estimate of drug-likeness (QED) is 0.866. The molecule has 0 aromatic heterocycles. The first-order valence-electron chi connectivity index (χ1n) is 8.31. The van der Waals surface area contributed by atoms with Crippen molar-refractivity contribution >= 4 is 6.09 Å². The highest BCUT2D eigenvalue weighted by molar-refractivity contribution is 5.68. The molecule has 2 rings (SSSR count). The van der Waals surface area contributed by atoms with Crippen LogP contribution in [-0.2, 0) is 4.74 Å². The zero-order chi connectivity index (χ0) is 15.5. The van der Waals surface area contributed by atoms with E-state index in [0.29, 0.717) is 6.04 Å². The molecule has 2 heterocycles. The van der Waals surface area contributed by atoms with E-state index in [0.717, 1.165) is 44.8 Å². The average Bonchev–Trinajstić information content (AvgIpc) is 2.86. The highest BCUT2D eigenvalue weighted by Gasteiger charge is 2.32. The molecule has 1 unspecified atom stereocenters. The van der Waals surface area contributed by atoms with Crippen molar-refractivity contribution < 1.29 is 9.53 Å². The lowest BCUT2D eigenvalue weighted by molar-refractivity contribution is 0.0154. The van der Waals surface area contributed by atoms with Crippen LogP contribution in [0.3, 0.4) is 0 Å². The number of nitrogens with two attached hydrogens (primary N) is 1. The van der Waals surface area contributed by atoms with Crippen LogP contribution in [0.15, 0.2) is 0 Å². The zero-order valence-electron chi connectivity index (χ0n) is 13.8. The fourth-order valence-corrected chi connectivity index (χ4v) is 3.41. The summed E-state index contributed by atoms with van der Waals surface area (Å²) in [5, 5.41) is 0. The number of ether oxygens (including phenoxy) is 1. The van der Waals surface area contributed by atoms with Gasteiger partial charge >= 0.3 is 6.09 Å². The predicted molar refractivity (Wildman–Crippen MR) is 84.2 cm³/mol. The average molecular weight is 297 g/mol. The van der Waals surface area contributed by atoms with Crippen molar-refractivity contribution in [1.82, 2.24) is 9.80 Å². The molecule has 2 saturated heterocycles. The minimum Gasteiger partial charge on any atom is -0.444 e. The van der Waals surface area contributed by atoms with Crippen LogP contribution >= 0.6 is 0 Å². The first-order chi connectivity index (χ1) is 9.89. The number of likely N-dealkylation sites (tertiary alicyclic amines) is 2. The normalized spacial score (nSPS) is 25.3. The molecule has 2 aliphatic heterocycles. The SMILES string of the molecule is CC(C)(C)OC(=O)N1CCC(N2CCC(CCN)C2)CC1. The summed E-state index contributed by atoms with van der Waals surface area (Å²) in [6.07, 6.45) is 4.39. The maximum atomic E-state index is 12.1. The van der Waals surface area contributed by atoms with Gasteiger partial charge in [0, 0.05) is 25.7 Å². The molecule has 0 saturated carbocycles. The van der Waals surface area contributed by atoms with Gasteiger partial charge in [-0.2, -0.15) is 0 Å². The van der Waals surface area contributed by atoms with Gasteiger partial charge in [0.1, 0.15) is 5.60 Å². The lowest BCUT2D eigenvalue weighted by Gasteiger charge is -2.37. The van der Waals surface area contributed by atoms with E-state index < -0.39 is 5.60 Å². The van der Waals surface area contributed by atoms with Gasteiger partial charge in [-0.05, 0) is 65.5 Å². The van der Waals surface area contributed by atoms with Gasteiger partial charge in [0.05, 0.1) is 0 Å². The lowest BCUT2D eigenvalue weighted by Crippen LogP contribution is -2.47. The highest BCUT2D eigenvalue weighted by atomic mass is 16.6. The molecule has 0 aromatic carbocycles. The lowest BCUT2D eigenvalue weighted by atomic mass is 10.0. The van der Waals surface area contributed by atoms with E-state index in [4.69, 9.17) is 10.5 Å². The van der Waals surface area contributed by atoms with Crippen LogP contribution in [0.25, 0.3) is 0 Å². The van der Waals surface area contributed by atoms with Gasteiger partial charge in [-0.1, -0.05) is 0 Å². The van der Waals surface area contributed by atoms with Gasteiger partial charge in [-0.3, -0.25) is 4.90 Å². The third-order valence-electron chi connectivity index (χ3n) is 4.52. The summed E-state index contributed by atoms with van der Waals surface area (Å²) >= 11 is 0. The molecule has 0 spiro atoms. The Bertz CT molecular complexity index is 346. The van der Waals surface area contributed by atoms with E-state index >= 15 is 0 Å². The number of carbonyl (C=O) groups excluding carboxylic acids is 1. The van der Waals surface area contributed by atoms with Crippen LogP contribution in [0.2, 0.25) is 0 Å². The number of hydrogen-bond donors (Lipinski definition) is 1. The second-order valence-corrected chi connectivity index (χ2v) is 7.43. The molecular weight excluding hydrogens is 266 g/mol. The maximum absolute atomic E-state index is 12.1. The number of piperidine rings is 1. The molecule has 2 N–H and O–H groups in total. The van der Waals surface area contributed by atoms with Crippen LogP contribution < -0.4 is 5.73 Å². The first kappa shape index (κ1) is 16.6. The van der Waals surface area contributed by atoms with Crippen molar-refractivity contribution in [2.45, 2.75) is 58.1 Å². The van der Waals surface area contributed by atoms with Crippen LogP contribution in [-0.4, -0.2) is 60.3 Å². The van der Waals surface area contributed by atoms with Crippen LogP contribution in [0.4, 0.5) is 4.79 Å². The molecule has 0 aromatic rings. The Morgan fingerprint density at radius 2 is 1.86 bits per heavy atom. The van der Waals surface area contributed by atoms with Crippen molar-refractivity contribution in [1.29, 1.82) is 0 Å². The van der Waals surface area contributed by atoms with E-state index in [1.165, 1.54) is 19.5 Å². The van der Waals surface area contributed by atoms with Gasteiger partial charge in [0.25, 0.3) is 0 Å².